The van der Waals surface area contributed by atoms with E-state index < -0.39 is 23.2 Å². The maximum absolute atomic E-state index is 14.4. The van der Waals surface area contributed by atoms with Gasteiger partial charge in [0, 0.05) is 17.8 Å². The van der Waals surface area contributed by atoms with Crippen LogP contribution in [-0.2, 0) is 15.0 Å². The highest BCUT2D eigenvalue weighted by atomic mass is 16.2. The summed E-state index contributed by atoms with van der Waals surface area (Å²) >= 11 is 0. The van der Waals surface area contributed by atoms with Crippen LogP contribution in [-0.4, -0.2) is 23.9 Å². The molecule has 1 fully saturated rings. The van der Waals surface area contributed by atoms with Gasteiger partial charge in [-0.1, -0.05) is 78.4 Å². The van der Waals surface area contributed by atoms with E-state index in [0.717, 1.165) is 27.8 Å². The van der Waals surface area contributed by atoms with E-state index in [9.17, 15) is 14.4 Å². The highest BCUT2D eigenvalue weighted by molar-refractivity contribution is 6.25. The Hall–Kier alpha value is -5.04. The maximum atomic E-state index is 14.4. The number of imide groups is 1. The monoisotopic (exact) mass is 526 g/mol. The molecule has 0 spiro atoms. The van der Waals surface area contributed by atoms with Gasteiger partial charge in [-0.3, -0.25) is 14.4 Å². The molecule has 3 amide bonds. The van der Waals surface area contributed by atoms with Crippen LogP contribution in [0.15, 0.2) is 102 Å². The molecule has 0 radical (unpaired) electrons. The second-order valence-electron chi connectivity index (χ2n) is 10.7. The molecule has 2 atom stereocenters. The lowest BCUT2D eigenvalue weighted by Crippen LogP contribution is -2.54. The number of carbonyl (C=O) groups is 3. The Morgan fingerprint density at radius 1 is 0.850 bits per heavy atom. The molecule has 40 heavy (non-hydrogen) atoms. The Morgan fingerprint density at radius 3 is 2.10 bits per heavy atom. The van der Waals surface area contributed by atoms with Crippen LogP contribution in [0.5, 0.6) is 0 Å². The van der Waals surface area contributed by atoms with Crippen molar-refractivity contribution in [3.63, 3.8) is 0 Å². The number of nitrogen functional groups attached to an aromatic ring is 1. The van der Waals surface area contributed by atoms with Gasteiger partial charge in [0.1, 0.15) is 0 Å². The third-order valence-electron chi connectivity index (χ3n) is 8.62. The van der Waals surface area contributed by atoms with Crippen LogP contribution >= 0.6 is 0 Å². The number of hydrogen-bond donors (Lipinski definition) is 2. The summed E-state index contributed by atoms with van der Waals surface area (Å²) in [5.74, 6) is -2.53. The first-order valence-corrected chi connectivity index (χ1v) is 13.3. The molecule has 1 aliphatic heterocycles. The van der Waals surface area contributed by atoms with Gasteiger partial charge in [0.25, 0.3) is 5.91 Å². The van der Waals surface area contributed by atoms with Gasteiger partial charge >= 0.3 is 0 Å². The number of para-hydroxylation sites is 1. The fourth-order valence-electron chi connectivity index (χ4n) is 6.95. The van der Waals surface area contributed by atoms with Crippen molar-refractivity contribution in [2.24, 2.45) is 16.9 Å². The highest BCUT2D eigenvalue weighted by Gasteiger charge is 2.68. The second kappa shape index (κ2) is 8.74. The van der Waals surface area contributed by atoms with Crippen LogP contribution in [0.3, 0.4) is 0 Å². The summed E-state index contributed by atoms with van der Waals surface area (Å²) in [4.78, 5) is 42.8. The molecule has 7 nitrogen and oxygen atoms in total. The maximum Gasteiger partial charge on any atom is 0.273 e. The zero-order valence-electron chi connectivity index (χ0n) is 21.7. The zero-order valence-corrected chi connectivity index (χ0v) is 21.7. The molecule has 0 saturated carbocycles. The zero-order chi connectivity index (χ0) is 27.6. The van der Waals surface area contributed by atoms with Crippen LogP contribution in [0.1, 0.15) is 44.1 Å². The molecule has 1 saturated heterocycles. The SMILES string of the molecule is Cc1ccc(N2C(=O)C3C4c5ccccc5C(/C=N/NC(=O)c5ccccc5N)(c5ccccc54)C3C2=O)cc1. The summed E-state index contributed by atoms with van der Waals surface area (Å²) in [6.07, 6.45) is 1.65. The number of rotatable bonds is 4. The van der Waals surface area contributed by atoms with Crippen LogP contribution in [0.25, 0.3) is 0 Å². The molecule has 3 N–H and O–H groups in total. The van der Waals surface area contributed by atoms with Gasteiger partial charge in [-0.2, -0.15) is 5.10 Å². The quantitative estimate of drug-likeness (QED) is 0.176. The predicted octanol–water partition coefficient (Wildman–Crippen LogP) is 4.54. The first-order chi connectivity index (χ1) is 19.4. The van der Waals surface area contributed by atoms with E-state index in [0.29, 0.717) is 16.9 Å². The van der Waals surface area contributed by atoms with Crippen molar-refractivity contribution < 1.29 is 14.4 Å². The molecule has 4 aromatic carbocycles. The summed E-state index contributed by atoms with van der Waals surface area (Å²) in [6.45, 7) is 1.97. The van der Waals surface area contributed by atoms with E-state index in [1.54, 1.807) is 30.5 Å². The normalized spacial score (nSPS) is 24.1. The smallest absolute Gasteiger partial charge is 0.273 e. The van der Waals surface area contributed by atoms with Crippen molar-refractivity contribution in [2.45, 2.75) is 18.3 Å². The van der Waals surface area contributed by atoms with E-state index in [2.05, 4.69) is 10.5 Å². The molecular formula is C33H26N4O3. The summed E-state index contributed by atoms with van der Waals surface area (Å²) < 4.78 is 0. The van der Waals surface area contributed by atoms with Gasteiger partial charge in [0.15, 0.2) is 0 Å². The molecule has 2 unspecified atom stereocenters. The Bertz CT molecular complexity index is 1700. The summed E-state index contributed by atoms with van der Waals surface area (Å²) in [5.41, 5.74) is 13.6. The third kappa shape index (κ3) is 3.18. The minimum atomic E-state index is -1.06. The van der Waals surface area contributed by atoms with Crippen molar-refractivity contribution in [3.05, 3.63) is 130 Å². The fraction of sp³-hybridized carbons (Fsp3) is 0.152. The minimum Gasteiger partial charge on any atom is -0.398 e. The topological polar surface area (TPSA) is 105 Å². The molecule has 1 heterocycles. The lowest BCUT2D eigenvalue weighted by atomic mass is 9.47. The summed E-state index contributed by atoms with van der Waals surface area (Å²) in [7, 11) is 0. The number of hydrazone groups is 1. The lowest BCUT2D eigenvalue weighted by molar-refractivity contribution is -0.122. The van der Waals surface area contributed by atoms with Gasteiger partial charge in [0.2, 0.25) is 11.8 Å². The number of amides is 3. The standard InChI is InChI=1S/C33H26N4O3/c1-19-14-16-20(17-15-19)37-31(39)28-27-21-8-2-5-11-24(21)33(29(28)32(37)40,25-12-6-3-9-22(25)27)18-35-36-30(38)23-10-4-7-13-26(23)34/h2-18,27-29H,34H2,1H3,(H,36,38)/b35-18+. The van der Waals surface area contributed by atoms with Crippen LogP contribution in [0.4, 0.5) is 11.4 Å². The van der Waals surface area contributed by atoms with Crippen LogP contribution < -0.4 is 16.1 Å². The Labute approximate surface area is 231 Å². The number of aryl methyl sites for hydroxylation is 1. The highest BCUT2D eigenvalue weighted by Crippen LogP contribution is 2.63. The minimum absolute atomic E-state index is 0.216. The van der Waals surface area contributed by atoms with Crippen molar-refractivity contribution in [2.75, 3.05) is 10.6 Å². The number of nitrogens with two attached hydrogens (primary N) is 1. The Morgan fingerprint density at radius 2 is 1.45 bits per heavy atom. The first kappa shape index (κ1) is 24.0. The Balaban J connectivity index is 1.41. The number of benzene rings is 4. The predicted molar refractivity (Wildman–Crippen MR) is 153 cm³/mol. The van der Waals surface area contributed by atoms with Crippen molar-refractivity contribution in [1.29, 1.82) is 0 Å². The molecule has 7 heteroatoms. The number of hydrogen-bond acceptors (Lipinski definition) is 5. The van der Waals surface area contributed by atoms with Gasteiger partial charge in [0.05, 0.1) is 28.5 Å². The summed E-state index contributed by atoms with van der Waals surface area (Å²) in [5, 5.41) is 4.44. The number of nitrogens with zero attached hydrogens (tertiary/aromatic N) is 2. The molecule has 8 rings (SSSR count). The van der Waals surface area contributed by atoms with Crippen molar-refractivity contribution in [3.8, 4) is 0 Å². The summed E-state index contributed by atoms with van der Waals surface area (Å²) in [6, 6.07) is 30.1. The van der Waals surface area contributed by atoms with Gasteiger partial charge in [-0.05, 0) is 53.4 Å². The van der Waals surface area contributed by atoms with Crippen LogP contribution in [0.2, 0.25) is 0 Å². The van der Waals surface area contributed by atoms with Gasteiger partial charge < -0.3 is 5.73 Å². The molecule has 4 aliphatic rings. The van der Waals surface area contributed by atoms with E-state index in [1.165, 1.54) is 4.90 Å². The molecular weight excluding hydrogens is 500 g/mol. The molecule has 4 aromatic rings. The fourth-order valence-corrected chi connectivity index (χ4v) is 6.95. The average Bonchev–Trinajstić information content (AvgIpc) is 3.24. The first-order valence-electron chi connectivity index (χ1n) is 13.3. The van der Waals surface area contributed by atoms with E-state index in [-0.39, 0.29) is 17.7 Å². The van der Waals surface area contributed by atoms with Gasteiger partial charge in [-0.15, -0.1) is 0 Å². The van der Waals surface area contributed by atoms with E-state index in [1.807, 2.05) is 79.7 Å². The average molecular weight is 527 g/mol. The Kier molecular flexibility index (Phi) is 5.25. The second-order valence-corrected chi connectivity index (χ2v) is 10.7. The molecule has 196 valence electrons. The molecule has 3 aliphatic carbocycles. The largest absolute Gasteiger partial charge is 0.398 e. The van der Waals surface area contributed by atoms with Crippen LogP contribution in [0, 0.1) is 18.8 Å². The number of nitrogens with one attached hydrogen (secondary N) is 1. The molecule has 2 bridgehead atoms. The lowest BCUT2D eigenvalue weighted by Gasteiger charge is -2.52. The third-order valence-corrected chi connectivity index (χ3v) is 8.62. The van der Waals surface area contributed by atoms with Crippen molar-refractivity contribution >= 4 is 35.3 Å². The number of anilines is 2. The van der Waals surface area contributed by atoms with E-state index >= 15 is 0 Å². The van der Waals surface area contributed by atoms with E-state index in [4.69, 9.17) is 5.73 Å². The van der Waals surface area contributed by atoms with Gasteiger partial charge in [-0.25, -0.2) is 10.3 Å². The number of carbonyl (C=O) groups excluding carboxylic acids is 3. The molecule has 0 aromatic heterocycles. The van der Waals surface area contributed by atoms with Crippen molar-refractivity contribution in [1.82, 2.24) is 5.43 Å².